The highest BCUT2D eigenvalue weighted by molar-refractivity contribution is 6.36. The van der Waals surface area contributed by atoms with E-state index in [-0.39, 0.29) is 59.2 Å². The van der Waals surface area contributed by atoms with Gasteiger partial charge in [-0.3, -0.25) is 19.2 Å². The summed E-state index contributed by atoms with van der Waals surface area (Å²) in [6, 6.07) is 24.4. The van der Waals surface area contributed by atoms with Crippen molar-refractivity contribution >= 4 is 68.9 Å². The summed E-state index contributed by atoms with van der Waals surface area (Å²) >= 11 is 6.61. The van der Waals surface area contributed by atoms with Crippen LogP contribution in [-0.4, -0.2) is 108 Å². The lowest BCUT2D eigenvalue weighted by atomic mass is 9.95. The molecule has 3 saturated heterocycles. The zero-order chi connectivity index (χ0) is 45.0. The van der Waals surface area contributed by atoms with E-state index >= 15 is 4.39 Å². The standard InChI is InChI=1S/C49H48ClFN8O6/c1-64-43-13-8-32(24-42(43)59-21-16-34(60)26-44(59)61)49(63)58-18-5-17-56(22-23-58)29-31-14-19-57(20-15-31)41-12-9-33(25-40(41)51)55-48-45-38(28-52-47(45)53-30-54-48)46(62)37-11-10-36(27-39(37)50)65-35-6-3-2-4-7-35/h2-4,6-13,24-25,27-28,30-31H,5,14-23,26,29H2,1H3,(H2,52,53,54,55). The van der Waals surface area contributed by atoms with Crippen LogP contribution in [0.25, 0.3) is 11.0 Å². The predicted molar refractivity (Wildman–Crippen MR) is 246 cm³/mol. The van der Waals surface area contributed by atoms with E-state index in [9.17, 15) is 19.2 Å². The van der Waals surface area contributed by atoms with Crippen molar-refractivity contribution in [3.05, 3.63) is 125 Å². The van der Waals surface area contributed by atoms with Gasteiger partial charge in [0.1, 0.15) is 46.6 Å². The van der Waals surface area contributed by atoms with Crippen LogP contribution in [0.4, 0.5) is 27.3 Å². The van der Waals surface area contributed by atoms with E-state index in [1.54, 1.807) is 59.6 Å². The van der Waals surface area contributed by atoms with Crippen LogP contribution in [0.3, 0.4) is 0 Å². The number of anilines is 4. The second-order valence-corrected chi connectivity index (χ2v) is 17.0. The Morgan fingerprint density at radius 3 is 2.46 bits per heavy atom. The number of halogens is 2. The Kier molecular flexibility index (Phi) is 12.8. The number of para-hydroxylation sites is 1. The van der Waals surface area contributed by atoms with Crippen LogP contribution >= 0.6 is 11.6 Å². The number of nitrogens with zero attached hydrogens (tertiary/aromatic N) is 6. The number of benzene rings is 4. The number of carbonyl (C=O) groups is 4. The summed E-state index contributed by atoms with van der Waals surface area (Å²) in [6.07, 6.45) is 5.72. The fourth-order valence-corrected chi connectivity index (χ4v) is 9.25. The number of carbonyl (C=O) groups excluding carboxylic acids is 4. The minimum atomic E-state index is -0.368. The smallest absolute Gasteiger partial charge is 0.253 e. The summed E-state index contributed by atoms with van der Waals surface area (Å²) in [4.78, 5) is 71.9. The van der Waals surface area contributed by atoms with Crippen LogP contribution in [0.15, 0.2) is 97.5 Å². The van der Waals surface area contributed by atoms with Crippen molar-refractivity contribution in [1.82, 2.24) is 24.8 Å². The Labute approximate surface area is 380 Å². The molecule has 4 aromatic carbocycles. The Morgan fingerprint density at radius 2 is 1.69 bits per heavy atom. The molecule has 0 aliphatic carbocycles. The number of aromatic nitrogens is 3. The fraction of sp³-hybridized carbons (Fsp3) is 0.306. The summed E-state index contributed by atoms with van der Waals surface area (Å²) in [5, 5.41) is 3.89. The molecule has 6 aromatic rings. The van der Waals surface area contributed by atoms with Gasteiger partial charge in [-0.2, -0.15) is 0 Å². The van der Waals surface area contributed by atoms with Crippen molar-refractivity contribution in [3.8, 4) is 17.2 Å². The van der Waals surface area contributed by atoms with E-state index in [4.69, 9.17) is 21.1 Å². The molecule has 16 heteroatoms. The number of fused-ring (bicyclic) bond motifs is 1. The lowest BCUT2D eigenvalue weighted by molar-refractivity contribution is -0.128. The van der Waals surface area contributed by atoms with E-state index in [2.05, 4.69) is 30.1 Å². The van der Waals surface area contributed by atoms with E-state index < -0.39 is 0 Å². The third-order valence-corrected chi connectivity index (χ3v) is 12.7. The Hall–Kier alpha value is -6.84. The number of hydrogen-bond acceptors (Lipinski definition) is 11. The molecule has 0 bridgehead atoms. The molecule has 334 valence electrons. The maximum Gasteiger partial charge on any atom is 0.253 e. The van der Waals surface area contributed by atoms with Crippen LogP contribution in [0, 0.1) is 11.7 Å². The molecule has 9 rings (SSSR count). The van der Waals surface area contributed by atoms with E-state index in [1.165, 1.54) is 19.5 Å². The minimum Gasteiger partial charge on any atom is -0.495 e. The second-order valence-electron chi connectivity index (χ2n) is 16.6. The van der Waals surface area contributed by atoms with Crippen LogP contribution in [0.1, 0.15) is 58.4 Å². The predicted octanol–water partition coefficient (Wildman–Crippen LogP) is 8.29. The summed E-state index contributed by atoms with van der Waals surface area (Å²) in [7, 11) is 1.52. The number of rotatable bonds is 12. The number of methoxy groups -OCH3 is 1. The maximum absolute atomic E-state index is 15.9. The first-order valence-electron chi connectivity index (χ1n) is 21.8. The van der Waals surface area contributed by atoms with Gasteiger partial charge in [-0.25, -0.2) is 14.4 Å². The number of ketones is 2. The first-order chi connectivity index (χ1) is 31.6. The van der Waals surface area contributed by atoms with E-state index in [0.29, 0.717) is 94.4 Å². The molecule has 65 heavy (non-hydrogen) atoms. The van der Waals surface area contributed by atoms with Crippen molar-refractivity contribution < 1.29 is 33.0 Å². The van der Waals surface area contributed by atoms with Crippen molar-refractivity contribution in [3.63, 3.8) is 0 Å². The average molecular weight is 899 g/mol. The topological polar surface area (TPSA) is 153 Å². The molecule has 0 spiro atoms. The van der Waals surface area contributed by atoms with Crippen LogP contribution in [0.2, 0.25) is 5.02 Å². The zero-order valence-corrected chi connectivity index (χ0v) is 36.7. The number of ether oxygens (including phenoxy) is 2. The highest BCUT2D eigenvalue weighted by Crippen LogP contribution is 2.35. The number of Topliss-reactive ketones (excluding diaryl/α,β-unsaturated/α-hetero) is 1. The summed E-state index contributed by atoms with van der Waals surface area (Å²) < 4.78 is 27.3. The molecule has 0 atom stereocenters. The highest BCUT2D eigenvalue weighted by atomic mass is 35.5. The normalized spacial score (nSPS) is 16.4. The monoisotopic (exact) mass is 898 g/mol. The third-order valence-electron chi connectivity index (χ3n) is 12.4. The summed E-state index contributed by atoms with van der Waals surface area (Å²) in [5.74, 6) is 1.22. The molecule has 3 aliphatic rings. The lowest BCUT2D eigenvalue weighted by Gasteiger charge is -2.36. The lowest BCUT2D eigenvalue weighted by Crippen LogP contribution is -2.41. The maximum atomic E-state index is 15.9. The summed E-state index contributed by atoms with van der Waals surface area (Å²) in [5.41, 5.74) is 3.01. The highest BCUT2D eigenvalue weighted by Gasteiger charge is 2.30. The molecular weight excluding hydrogens is 851 g/mol. The molecule has 3 aliphatic heterocycles. The molecule has 2 amide bonds. The molecule has 14 nitrogen and oxygen atoms in total. The van der Waals surface area contributed by atoms with Gasteiger partial charge >= 0.3 is 0 Å². The van der Waals surface area contributed by atoms with Crippen molar-refractivity contribution in [2.45, 2.75) is 32.1 Å². The molecule has 2 N–H and O–H groups in total. The average Bonchev–Trinajstić information content (AvgIpc) is 3.62. The number of hydrogen-bond donors (Lipinski definition) is 2. The Bertz CT molecular complexity index is 2760. The van der Waals surface area contributed by atoms with Crippen molar-refractivity contribution in [2.24, 2.45) is 5.92 Å². The van der Waals surface area contributed by atoms with Gasteiger partial charge in [-0.1, -0.05) is 29.8 Å². The third kappa shape index (κ3) is 9.52. The van der Waals surface area contributed by atoms with Gasteiger partial charge in [-0.15, -0.1) is 0 Å². The largest absolute Gasteiger partial charge is 0.495 e. The molecule has 0 unspecified atom stereocenters. The van der Waals surface area contributed by atoms with Gasteiger partial charge in [0.25, 0.3) is 5.91 Å². The van der Waals surface area contributed by atoms with Crippen LogP contribution in [0.5, 0.6) is 17.2 Å². The van der Waals surface area contributed by atoms with Gasteiger partial charge in [0, 0.05) is 81.3 Å². The molecule has 0 saturated carbocycles. The van der Waals surface area contributed by atoms with Gasteiger partial charge in [-0.05, 0) is 92.4 Å². The first kappa shape index (κ1) is 43.4. The quantitative estimate of drug-likeness (QED) is 0.0902. The molecule has 5 heterocycles. The van der Waals surface area contributed by atoms with Gasteiger partial charge < -0.3 is 39.4 Å². The van der Waals surface area contributed by atoms with Crippen LogP contribution < -0.4 is 24.6 Å². The SMILES string of the molecule is COc1ccc(C(=O)N2CCCN(CC3CCN(c4ccc(Nc5ncnc6[nH]cc(C(=O)c7ccc(Oc8ccccc8)cc7Cl)c56)cc4F)CC3)CC2)cc1N1CCC(=O)CC1=O. The Morgan fingerprint density at radius 1 is 0.862 bits per heavy atom. The molecule has 2 aromatic heterocycles. The van der Waals surface area contributed by atoms with Crippen molar-refractivity contribution in [1.29, 1.82) is 0 Å². The number of H-pyrrole nitrogens is 1. The fourth-order valence-electron chi connectivity index (χ4n) is 8.99. The molecule has 3 fully saturated rings. The molecule has 0 radical (unpaired) electrons. The van der Waals surface area contributed by atoms with E-state index in [1.807, 2.05) is 35.2 Å². The number of amides is 2. The van der Waals surface area contributed by atoms with Gasteiger partial charge in [0.05, 0.1) is 40.9 Å². The minimum absolute atomic E-state index is 0.0851. The van der Waals surface area contributed by atoms with Crippen molar-refractivity contribution in [2.75, 3.05) is 74.6 Å². The Balaban J connectivity index is 0.793. The number of nitrogens with one attached hydrogen (secondary N) is 2. The van der Waals surface area contributed by atoms with Gasteiger partial charge in [0.15, 0.2) is 5.78 Å². The number of piperidine rings is 2. The zero-order valence-electron chi connectivity index (χ0n) is 35.9. The van der Waals surface area contributed by atoms with Crippen LogP contribution in [-0.2, 0) is 9.59 Å². The first-order valence-corrected chi connectivity index (χ1v) is 22.2. The van der Waals surface area contributed by atoms with E-state index in [0.717, 1.165) is 38.9 Å². The number of aromatic amines is 1. The second kappa shape index (κ2) is 19.1. The summed E-state index contributed by atoms with van der Waals surface area (Å²) in [6.45, 7) is 5.41. The van der Waals surface area contributed by atoms with Gasteiger partial charge in [0.2, 0.25) is 5.91 Å². The molecular formula is C49H48ClFN8O6.